The van der Waals surface area contributed by atoms with Gasteiger partial charge in [0.2, 0.25) is 0 Å². The van der Waals surface area contributed by atoms with Gasteiger partial charge in [0, 0.05) is 26.8 Å². The Kier molecular flexibility index (Phi) is 4.35. The zero-order valence-corrected chi connectivity index (χ0v) is 8.71. The summed E-state index contributed by atoms with van der Waals surface area (Å²) in [5, 5.41) is 11.6. The van der Waals surface area contributed by atoms with Gasteiger partial charge >= 0.3 is 5.97 Å². The second kappa shape index (κ2) is 5.32. The van der Waals surface area contributed by atoms with Gasteiger partial charge < -0.3 is 15.2 Å². The predicted molar refractivity (Wildman–Crippen MR) is 53.3 cm³/mol. The minimum absolute atomic E-state index is 0.209. The Labute approximate surface area is 84.6 Å². The number of ether oxygens (including phenoxy) is 1. The topological polar surface area (TPSA) is 58.6 Å². The van der Waals surface area contributed by atoms with Crippen molar-refractivity contribution in [1.82, 2.24) is 5.32 Å². The minimum Gasteiger partial charge on any atom is -0.481 e. The van der Waals surface area contributed by atoms with Gasteiger partial charge in [0.25, 0.3) is 0 Å². The van der Waals surface area contributed by atoms with E-state index in [0.717, 1.165) is 19.6 Å². The van der Waals surface area contributed by atoms with Gasteiger partial charge in [0.15, 0.2) is 0 Å². The molecule has 2 N–H and O–H groups in total. The summed E-state index contributed by atoms with van der Waals surface area (Å²) in [6.45, 7) is 2.31. The third kappa shape index (κ3) is 4.07. The molecule has 4 heteroatoms. The number of carboxylic acid groups (broad SMARTS) is 1. The minimum atomic E-state index is -0.737. The average molecular weight is 201 g/mol. The molecular weight excluding hydrogens is 182 g/mol. The molecule has 1 fully saturated rings. The van der Waals surface area contributed by atoms with E-state index in [9.17, 15) is 4.79 Å². The fourth-order valence-corrected chi connectivity index (χ4v) is 1.56. The Morgan fingerprint density at radius 3 is 2.79 bits per heavy atom. The molecule has 1 rings (SSSR count). The molecular formula is C10H19NO3. The zero-order valence-electron chi connectivity index (χ0n) is 8.71. The number of hydrogen-bond donors (Lipinski definition) is 2. The number of hydrogen-bond acceptors (Lipinski definition) is 3. The Hall–Kier alpha value is -0.610. The summed E-state index contributed by atoms with van der Waals surface area (Å²) in [5.41, 5.74) is 0.411. The summed E-state index contributed by atoms with van der Waals surface area (Å²) < 4.78 is 5.04. The summed E-state index contributed by atoms with van der Waals surface area (Å²) in [7, 11) is 1.72. The maximum Gasteiger partial charge on any atom is 0.304 e. The van der Waals surface area contributed by atoms with Gasteiger partial charge in [-0.25, -0.2) is 0 Å². The van der Waals surface area contributed by atoms with E-state index < -0.39 is 5.97 Å². The number of nitrogens with one attached hydrogen (secondary N) is 1. The smallest absolute Gasteiger partial charge is 0.304 e. The molecule has 0 aromatic rings. The summed E-state index contributed by atoms with van der Waals surface area (Å²) in [4.78, 5) is 10.3. The van der Waals surface area contributed by atoms with E-state index in [2.05, 4.69) is 5.32 Å². The average Bonchev–Trinajstić information content (AvgIpc) is 2.90. The van der Waals surface area contributed by atoms with Gasteiger partial charge in [-0.3, -0.25) is 4.79 Å². The summed E-state index contributed by atoms with van der Waals surface area (Å²) >= 11 is 0. The zero-order chi connectivity index (χ0) is 10.4. The van der Waals surface area contributed by atoms with Crippen molar-refractivity contribution in [1.29, 1.82) is 0 Å². The number of aliphatic carboxylic acids is 1. The lowest BCUT2D eigenvalue weighted by molar-refractivity contribution is -0.136. The molecule has 0 aliphatic heterocycles. The van der Waals surface area contributed by atoms with Crippen molar-refractivity contribution in [2.75, 3.05) is 26.8 Å². The van der Waals surface area contributed by atoms with Crippen LogP contribution in [0.4, 0.5) is 0 Å². The first-order chi connectivity index (χ1) is 6.68. The lowest BCUT2D eigenvalue weighted by Crippen LogP contribution is -2.27. The Morgan fingerprint density at radius 1 is 1.57 bits per heavy atom. The van der Waals surface area contributed by atoms with Crippen molar-refractivity contribution in [2.24, 2.45) is 5.41 Å². The first kappa shape index (κ1) is 11.5. The molecule has 0 bridgehead atoms. The molecule has 0 unspecified atom stereocenters. The summed E-state index contributed by atoms with van der Waals surface area (Å²) in [6, 6.07) is 0. The van der Waals surface area contributed by atoms with E-state index >= 15 is 0 Å². The van der Waals surface area contributed by atoms with Crippen LogP contribution in [0.1, 0.15) is 25.7 Å². The summed E-state index contributed by atoms with van der Waals surface area (Å²) in [5.74, 6) is -0.737. The highest BCUT2D eigenvalue weighted by Gasteiger charge is 2.41. The van der Waals surface area contributed by atoms with E-state index in [-0.39, 0.29) is 6.42 Å². The molecule has 0 amide bonds. The molecule has 1 saturated carbocycles. The number of carboxylic acids is 1. The lowest BCUT2D eigenvalue weighted by atomic mass is 10.0. The van der Waals surface area contributed by atoms with Gasteiger partial charge in [-0.05, 0) is 24.7 Å². The molecule has 82 valence electrons. The maximum absolute atomic E-state index is 10.3. The fourth-order valence-electron chi connectivity index (χ4n) is 1.56. The highest BCUT2D eigenvalue weighted by Crippen LogP contribution is 2.48. The van der Waals surface area contributed by atoms with Gasteiger partial charge in [0.05, 0.1) is 6.42 Å². The third-order valence-corrected chi connectivity index (χ3v) is 2.81. The van der Waals surface area contributed by atoms with E-state index in [0.29, 0.717) is 12.0 Å². The van der Waals surface area contributed by atoms with Crippen molar-refractivity contribution in [3.05, 3.63) is 0 Å². The second-order valence-electron chi connectivity index (χ2n) is 4.06. The van der Waals surface area contributed by atoms with Crippen LogP contribution < -0.4 is 5.32 Å². The fraction of sp³-hybridized carbons (Fsp3) is 0.900. The normalized spacial score (nSPS) is 18.1. The van der Waals surface area contributed by atoms with Gasteiger partial charge in [0.1, 0.15) is 0 Å². The highest BCUT2D eigenvalue weighted by molar-refractivity contribution is 5.66. The Balaban J connectivity index is 2.02. The van der Waals surface area contributed by atoms with Crippen molar-refractivity contribution < 1.29 is 14.6 Å². The Morgan fingerprint density at radius 2 is 2.29 bits per heavy atom. The monoisotopic (exact) mass is 201 g/mol. The van der Waals surface area contributed by atoms with E-state index in [1.807, 2.05) is 0 Å². The molecule has 0 radical (unpaired) electrons. The van der Waals surface area contributed by atoms with Crippen molar-refractivity contribution in [3.8, 4) is 0 Å². The van der Waals surface area contributed by atoms with Crippen molar-refractivity contribution in [2.45, 2.75) is 25.7 Å². The molecule has 0 atom stereocenters. The van der Waals surface area contributed by atoms with Crippen LogP contribution in [-0.4, -0.2) is 37.9 Å². The number of methoxy groups -OCH3 is 1. The molecule has 0 saturated heterocycles. The molecule has 1 aliphatic carbocycles. The largest absolute Gasteiger partial charge is 0.481 e. The predicted octanol–water partition coefficient (Wildman–Crippen LogP) is 0.867. The molecule has 1 aliphatic rings. The molecule has 0 heterocycles. The van der Waals surface area contributed by atoms with Gasteiger partial charge in [-0.2, -0.15) is 0 Å². The van der Waals surface area contributed by atoms with Crippen LogP contribution in [0.25, 0.3) is 0 Å². The van der Waals surface area contributed by atoms with Gasteiger partial charge in [-0.1, -0.05) is 0 Å². The molecule has 4 nitrogen and oxygen atoms in total. The van der Waals surface area contributed by atoms with Crippen LogP contribution >= 0.6 is 0 Å². The molecule has 0 aromatic heterocycles. The Bertz CT molecular complexity index is 190. The highest BCUT2D eigenvalue weighted by atomic mass is 16.5. The van der Waals surface area contributed by atoms with Crippen LogP contribution in [-0.2, 0) is 9.53 Å². The SMILES string of the molecule is COCCC1(CNCCC(=O)O)CC1. The van der Waals surface area contributed by atoms with Crippen LogP contribution in [0, 0.1) is 5.41 Å². The number of carbonyl (C=O) groups is 1. The first-order valence-electron chi connectivity index (χ1n) is 5.10. The van der Waals surface area contributed by atoms with E-state index in [1.54, 1.807) is 7.11 Å². The van der Waals surface area contributed by atoms with E-state index in [1.165, 1.54) is 12.8 Å². The molecule has 14 heavy (non-hydrogen) atoms. The van der Waals surface area contributed by atoms with Crippen LogP contribution in [0.2, 0.25) is 0 Å². The summed E-state index contributed by atoms with van der Waals surface area (Å²) in [6.07, 6.45) is 3.79. The van der Waals surface area contributed by atoms with Crippen LogP contribution in [0.5, 0.6) is 0 Å². The van der Waals surface area contributed by atoms with Crippen LogP contribution in [0.15, 0.2) is 0 Å². The van der Waals surface area contributed by atoms with Crippen molar-refractivity contribution >= 4 is 5.97 Å². The lowest BCUT2D eigenvalue weighted by Gasteiger charge is -2.14. The quantitative estimate of drug-likeness (QED) is 0.572. The standard InChI is InChI=1S/C10H19NO3/c1-14-7-5-10(3-4-10)8-11-6-2-9(12)13/h11H,2-8H2,1H3,(H,12,13). The molecule has 0 spiro atoms. The second-order valence-corrected chi connectivity index (χ2v) is 4.06. The third-order valence-electron chi connectivity index (χ3n) is 2.81. The molecule has 0 aromatic carbocycles. The van der Waals surface area contributed by atoms with E-state index in [4.69, 9.17) is 9.84 Å². The van der Waals surface area contributed by atoms with Gasteiger partial charge in [-0.15, -0.1) is 0 Å². The van der Waals surface area contributed by atoms with Crippen LogP contribution in [0.3, 0.4) is 0 Å². The number of rotatable bonds is 8. The first-order valence-corrected chi connectivity index (χ1v) is 5.10. The van der Waals surface area contributed by atoms with Crippen molar-refractivity contribution in [3.63, 3.8) is 0 Å². The maximum atomic E-state index is 10.3.